The van der Waals surface area contributed by atoms with Gasteiger partial charge in [-0.1, -0.05) is 12.1 Å². The Bertz CT molecular complexity index is 669. The fourth-order valence-electron chi connectivity index (χ4n) is 1.81. The molecular formula is C17H21N3OS. The molecule has 0 bridgehead atoms. The first-order valence-electron chi connectivity index (χ1n) is 7.11. The predicted octanol–water partition coefficient (Wildman–Crippen LogP) is 3.59. The molecule has 1 heterocycles. The van der Waals surface area contributed by atoms with Gasteiger partial charge in [-0.2, -0.15) is 11.3 Å². The summed E-state index contributed by atoms with van der Waals surface area (Å²) in [6, 6.07) is 9.70. The number of thiophene rings is 1. The minimum atomic E-state index is -0.449. The van der Waals surface area contributed by atoms with Gasteiger partial charge in [0.05, 0.1) is 0 Å². The molecule has 2 aromatic rings. The van der Waals surface area contributed by atoms with E-state index < -0.39 is 5.54 Å². The Morgan fingerprint density at radius 2 is 2.14 bits per heavy atom. The normalized spacial score (nSPS) is 12.2. The zero-order valence-electron chi connectivity index (χ0n) is 13.1. The van der Waals surface area contributed by atoms with Crippen LogP contribution in [0.4, 0.5) is 0 Å². The van der Waals surface area contributed by atoms with Crippen molar-refractivity contribution in [2.45, 2.75) is 32.9 Å². The van der Waals surface area contributed by atoms with Crippen molar-refractivity contribution >= 4 is 23.4 Å². The molecule has 0 atom stereocenters. The minimum absolute atomic E-state index is 0.413. The number of nitrogens with one attached hydrogen (secondary N) is 2. The quantitative estimate of drug-likeness (QED) is 0.298. The third-order valence-corrected chi connectivity index (χ3v) is 3.84. The third kappa shape index (κ3) is 4.43. The average Bonchev–Trinajstić information content (AvgIpc) is 2.98. The summed E-state index contributed by atoms with van der Waals surface area (Å²) in [4.78, 5) is 0. The summed E-state index contributed by atoms with van der Waals surface area (Å²) in [5.74, 6) is 0.413. The molecule has 0 aliphatic rings. The first-order valence-corrected chi connectivity index (χ1v) is 8.06. The van der Waals surface area contributed by atoms with Crippen LogP contribution in [0.3, 0.4) is 0 Å². The molecule has 0 saturated heterocycles. The molecule has 2 N–H and O–H groups in total. The molecule has 0 unspecified atom stereocenters. The Morgan fingerprint density at radius 1 is 1.36 bits per heavy atom. The minimum Gasteiger partial charge on any atom is -0.623 e. The summed E-state index contributed by atoms with van der Waals surface area (Å²) >= 11 is 1.58. The Morgan fingerprint density at radius 3 is 2.77 bits per heavy atom. The number of hydroxylamine groups is 1. The maximum atomic E-state index is 12.0. The second-order valence-corrected chi connectivity index (χ2v) is 6.89. The first kappa shape index (κ1) is 16.2. The van der Waals surface area contributed by atoms with Gasteiger partial charge >= 0.3 is 0 Å². The van der Waals surface area contributed by atoms with Crippen molar-refractivity contribution in [1.82, 2.24) is 5.32 Å². The zero-order chi connectivity index (χ0) is 16.2. The maximum absolute atomic E-state index is 12.0. The van der Waals surface area contributed by atoms with Crippen molar-refractivity contribution in [3.63, 3.8) is 0 Å². The number of benzene rings is 1. The van der Waals surface area contributed by atoms with Crippen LogP contribution >= 0.6 is 11.3 Å². The van der Waals surface area contributed by atoms with Gasteiger partial charge in [-0.15, -0.1) is 0 Å². The maximum Gasteiger partial charge on any atom is 0.182 e. The molecule has 0 aliphatic carbocycles. The van der Waals surface area contributed by atoms with E-state index in [1.54, 1.807) is 17.6 Å². The van der Waals surface area contributed by atoms with Crippen LogP contribution in [0.5, 0.6) is 0 Å². The second-order valence-electron chi connectivity index (χ2n) is 6.11. The highest BCUT2D eigenvalue weighted by Crippen LogP contribution is 2.09. The molecule has 22 heavy (non-hydrogen) atoms. The number of hydrogen-bond acceptors (Lipinski definition) is 3. The number of nitrogens with zero attached hydrogens (tertiary/aromatic N) is 1. The summed E-state index contributed by atoms with van der Waals surface area (Å²) in [5.41, 5.74) is 2.35. The molecule has 1 aromatic heterocycles. The van der Waals surface area contributed by atoms with Gasteiger partial charge in [0.25, 0.3) is 0 Å². The number of amidine groups is 1. The van der Waals surface area contributed by atoms with Gasteiger partial charge in [0.15, 0.2) is 11.8 Å². The van der Waals surface area contributed by atoms with E-state index in [1.165, 1.54) is 0 Å². The van der Waals surface area contributed by atoms with E-state index >= 15 is 0 Å². The van der Waals surface area contributed by atoms with Crippen molar-refractivity contribution in [3.8, 4) is 0 Å². The largest absolute Gasteiger partial charge is 0.623 e. The SMILES string of the molecule is CC(C)(C)/[N+]([O-])=C/c1cccc(CNC(=N)c2ccsc2)c1. The van der Waals surface area contributed by atoms with Gasteiger partial charge in [0.1, 0.15) is 5.84 Å². The molecule has 0 aliphatic heterocycles. The Labute approximate surface area is 135 Å². The lowest BCUT2D eigenvalue weighted by Crippen LogP contribution is -2.29. The van der Waals surface area contributed by atoms with Crippen LogP contribution in [0, 0.1) is 10.6 Å². The van der Waals surface area contributed by atoms with E-state index in [0.717, 1.165) is 21.4 Å². The van der Waals surface area contributed by atoms with Crippen molar-refractivity contribution in [1.29, 1.82) is 5.41 Å². The molecule has 0 amide bonds. The smallest absolute Gasteiger partial charge is 0.182 e. The summed E-state index contributed by atoms with van der Waals surface area (Å²) in [6.45, 7) is 6.20. The molecule has 0 fully saturated rings. The molecule has 0 spiro atoms. The van der Waals surface area contributed by atoms with Crippen molar-refractivity contribution in [2.24, 2.45) is 0 Å². The van der Waals surface area contributed by atoms with Crippen molar-refractivity contribution in [2.75, 3.05) is 0 Å². The van der Waals surface area contributed by atoms with Crippen molar-refractivity contribution in [3.05, 3.63) is 63.0 Å². The first-order chi connectivity index (χ1) is 10.4. The van der Waals surface area contributed by atoms with E-state index in [1.807, 2.05) is 61.9 Å². The van der Waals surface area contributed by atoms with Crippen LogP contribution in [0.25, 0.3) is 0 Å². The number of hydrogen-bond donors (Lipinski definition) is 2. The van der Waals surface area contributed by atoms with E-state index in [9.17, 15) is 5.21 Å². The molecule has 0 saturated carbocycles. The fraction of sp³-hybridized carbons (Fsp3) is 0.294. The van der Waals surface area contributed by atoms with Crippen LogP contribution in [0.1, 0.15) is 37.5 Å². The van der Waals surface area contributed by atoms with Gasteiger partial charge in [0, 0.05) is 43.8 Å². The summed E-state index contributed by atoms with van der Waals surface area (Å²) in [7, 11) is 0. The molecule has 2 rings (SSSR count). The van der Waals surface area contributed by atoms with E-state index in [0.29, 0.717) is 12.4 Å². The Kier molecular flexibility index (Phi) is 4.98. The molecule has 0 radical (unpaired) electrons. The monoisotopic (exact) mass is 315 g/mol. The molecule has 1 aromatic carbocycles. The van der Waals surface area contributed by atoms with Gasteiger partial charge in [-0.05, 0) is 29.1 Å². The van der Waals surface area contributed by atoms with E-state index in [4.69, 9.17) is 5.41 Å². The van der Waals surface area contributed by atoms with Gasteiger partial charge < -0.3 is 10.5 Å². The summed E-state index contributed by atoms with van der Waals surface area (Å²) < 4.78 is 0.965. The van der Waals surface area contributed by atoms with Gasteiger partial charge in [-0.25, -0.2) is 4.74 Å². The highest BCUT2D eigenvalue weighted by Gasteiger charge is 2.17. The highest BCUT2D eigenvalue weighted by molar-refractivity contribution is 7.08. The van der Waals surface area contributed by atoms with Crippen molar-refractivity contribution < 1.29 is 4.74 Å². The lowest BCUT2D eigenvalue weighted by atomic mass is 10.1. The van der Waals surface area contributed by atoms with Crippen LogP contribution < -0.4 is 5.32 Å². The predicted molar refractivity (Wildman–Crippen MR) is 93.0 cm³/mol. The lowest BCUT2D eigenvalue weighted by Gasteiger charge is -2.18. The summed E-state index contributed by atoms with van der Waals surface area (Å²) in [5, 5.41) is 26.9. The van der Waals surface area contributed by atoms with E-state index in [-0.39, 0.29) is 0 Å². The molecular weight excluding hydrogens is 294 g/mol. The topological polar surface area (TPSA) is 62.0 Å². The second kappa shape index (κ2) is 6.75. The number of rotatable bonds is 4. The standard InChI is InChI=1S/C17H21N3OS/c1-17(2,3)20(21)11-14-6-4-5-13(9-14)10-19-16(18)15-7-8-22-12-15/h4-9,11-12H,10H2,1-3H3,(H2,18,19)/b20-11-. The van der Waals surface area contributed by atoms with Crippen LogP contribution in [-0.2, 0) is 6.54 Å². The fourth-order valence-corrected chi connectivity index (χ4v) is 2.46. The van der Waals surface area contributed by atoms with Gasteiger partial charge in [-0.3, -0.25) is 5.41 Å². The average molecular weight is 315 g/mol. The van der Waals surface area contributed by atoms with E-state index in [2.05, 4.69) is 5.32 Å². The Hall–Kier alpha value is -2.14. The molecule has 4 nitrogen and oxygen atoms in total. The Balaban J connectivity index is 2.04. The zero-order valence-corrected chi connectivity index (χ0v) is 13.9. The van der Waals surface area contributed by atoms with Crippen LogP contribution in [0.15, 0.2) is 41.1 Å². The van der Waals surface area contributed by atoms with Crippen LogP contribution in [-0.4, -0.2) is 22.3 Å². The lowest BCUT2D eigenvalue weighted by molar-refractivity contribution is -0.530. The highest BCUT2D eigenvalue weighted by atomic mass is 32.1. The molecule has 5 heteroatoms. The third-order valence-electron chi connectivity index (χ3n) is 3.16. The van der Waals surface area contributed by atoms with Gasteiger partial charge in [0.2, 0.25) is 0 Å². The van der Waals surface area contributed by atoms with Crippen LogP contribution in [0.2, 0.25) is 0 Å². The molecule has 116 valence electrons. The summed E-state index contributed by atoms with van der Waals surface area (Å²) in [6.07, 6.45) is 1.60.